The molecule has 66 valence electrons. The molecule has 1 fully saturated rings. The predicted molar refractivity (Wildman–Crippen MR) is 49.3 cm³/mol. The quantitative estimate of drug-likeness (QED) is 0.665. The minimum Gasteiger partial charge on any atom is -0.330 e. The van der Waals surface area contributed by atoms with Crippen LogP contribution in [0.25, 0.3) is 0 Å². The van der Waals surface area contributed by atoms with Gasteiger partial charge in [-0.3, -0.25) is 0 Å². The van der Waals surface area contributed by atoms with Crippen molar-refractivity contribution in [2.75, 3.05) is 6.54 Å². The third kappa shape index (κ3) is 1.20. The zero-order valence-electron chi connectivity index (χ0n) is 8.28. The Kier molecular flexibility index (Phi) is 2.04. The Morgan fingerprint density at radius 2 is 1.82 bits per heavy atom. The first-order valence-electron chi connectivity index (χ1n) is 4.66. The van der Waals surface area contributed by atoms with Crippen LogP contribution in [0.1, 0.15) is 40.5 Å². The molecule has 1 nitrogen and oxygen atoms in total. The first-order chi connectivity index (χ1) is 4.96. The van der Waals surface area contributed by atoms with E-state index in [-0.39, 0.29) is 0 Å². The summed E-state index contributed by atoms with van der Waals surface area (Å²) in [5.41, 5.74) is 6.74. The molecule has 1 saturated carbocycles. The van der Waals surface area contributed by atoms with Gasteiger partial charge in [0.15, 0.2) is 0 Å². The Labute approximate surface area is 70.4 Å². The van der Waals surface area contributed by atoms with Crippen LogP contribution in [0.5, 0.6) is 0 Å². The van der Waals surface area contributed by atoms with Crippen LogP contribution in [-0.4, -0.2) is 6.54 Å². The summed E-state index contributed by atoms with van der Waals surface area (Å²) in [6.07, 6.45) is 2.58. The SMILES string of the molecule is CC(C)C1(CCN)CC1(C)C. The van der Waals surface area contributed by atoms with Crippen molar-refractivity contribution in [3.05, 3.63) is 0 Å². The Morgan fingerprint density at radius 1 is 1.36 bits per heavy atom. The second-order valence-corrected chi connectivity index (χ2v) is 4.91. The summed E-state index contributed by atoms with van der Waals surface area (Å²) in [5, 5.41) is 0. The van der Waals surface area contributed by atoms with Crippen LogP contribution in [0, 0.1) is 16.7 Å². The van der Waals surface area contributed by atoms with Crippen LogP contribution < -0.4 is 5.73 Å². The van der Waals surface area contributed by atoms with Gasteiger partial charge in [-0.25, -0.2) is 0 Å². The van der Waals surface area contributed by atoms with Crippen LogP contribution in [0.4, 0.5) is 0 Å². The number of hydrogen-bond donors (Lipinski definition) is 1. The Bertz CT molecular complexity index is 149. The molecule has 0 saturated heterocycles. The zero-order chi connectivity index (χ0) is 8.70. The molecule has 0 aromatic heterocycles. The molecule has 0 spiro atoms. The summed E-state index contributed by atoms with van der Waals surface area (Å²) in [6.45, 7) is 10.2. The molecule has 0 bridgehead atoms. The van der Waals surface area contributed by atoms with Crippen molar-refractivity contribution < 1.29 is 0 Å². The lowest BCUT2D eigenvalue weighted by Gasteiger charge is -2.23. The molecular weight excluding hydrogens is 134 g/mol. The zero-order valence-corrected chi connectivity index (χ0v) is 8.28. The fourth-order valence-electron chi connectivity index (χ4n) is 2.70. The molecule has 0 amide bonds. The van der Waals surface area contributed by atoms with Crippen molar-refractivity contribution in [1.29, 1.82) is 0 Å². The molecule has 11 heavy (non-hydrogen) atoms. The maximum absolute atomic E-state index is 5.61. The van der Waals surface area contributed by atoms with Gasteiger partial charge in [-0.15, -0.1) is 0 Å². The van der Waals surface area contributed by atoms with Crippen molar-refractivity contribution in [2.24, 2.45) is 22.5 Å². The normalized spacial score (nSPS) is 34.4. The molecule has 0 aliphatic heterocycles. The van der Waals surface area contributed by atoms with E-state index in [1.807, 2.05) is 0 Å². The summed E-state index contributed by atoms with van der Waals surface area (Å²) in [7, 11) is 0. The van der Waals surface area contributed by atoms with Gasteiger partial charge in [-0.1, -0.05) is 27.7 Å². The van der Waals surface area contributed by atoms with Crippen LogP contribution >= 0.6 is 0 Å². The van der Waals surface area contributed by atoms with Gasteiger partial charge in [0.25, 0.3) is 0 Å². The van der Waals surface area contributed by atoms with Gasteiger partial charge >= 0.3 is 0 Å². The van der Waals surface area contributed by atoms with Crippen molar-refractivity contribution in [1.82, 2.24) is 0 Å². The summed E-state index contributed by atoms with van der Waals surface area (Å²) >= 11 is 0. The van der Waals surface area contributed by atoms with Crippen molar-refractivity contribution in [3.8, 4) is 0 Å². The Hall–Kier alpha value is -0.0400. The van der Waals surface area contributed by atoms with Gasteiger partial charge in [-0.05, 0) is 36.1 Å². The van der Waals surface area contributed by atoms with Crippen LogP contribution in [0.3, 0.4) is 0 Å². The number of hydrogen-bond acceptors (Lipinski definition) is 1. The Morgan fingerprint density at radius 3 is 1.91 bits per heavy atom. The molecule has 1 heteroatoms. The average molecular weight is 155 g/mol. The highest BCUT2D eigenvalue weighted by atomic mass is 14.7. The summed E-state index contributed by atoms with van der Waals surface area (Å²) < 4.78 is 0. The molecular formula is C10H21N. The maximum atomic E-state index is 5.61. The van der Waals surface area contributed by atoms with Gasteiger partial charge in [0, 0.05) is 0 Å². The molecule has 0 heterocycles. The highest BCUT2D eigenvalue weighted by Crippen LogP contribution is 2.69. The van der Waals surface area contributed by atoms with E-state index in [0.29, 0.717) is 10.8 Å². The molecule has 1 aliphatic carbocycles. The average Bonchev–Trinajstić information content (AvgIpc) is 2.36. The monoisotopic (exact) mass is 155 g/mol. The van der Waals surface area contributed by atoms with Crippen LogP contribution in [0.15, 0.2) is 0 Å². The smallest absolute Gasteiger partial charge is 0.00717 e. The lowest BCUT2D eigenvalue weighted by Crippen LogP contribution is -2.20. The molecule has 0 aromatic rings. The number of nitrogens with two attached hydrogens (primary N) is 1. The fraction of sp³-hybridized carbons (Fsp3) is 1.00. The van der Waals surface area contributed by atoms with Gasteiger partial charge in [0.1, 0.15) is 0 Å². The second kappa shape index (κ2) is 2.48. The van der Waals surface area contributed by atoms with E-state index < -0.39 is 0 Å². The van der Waals surface area contributed by atoms with Crippen molar-refractivity contribution >= 4 is 0 Å². The van der Waals surface area contributed by atoms with Crippen LogP contribution in [0.2, 0.25) is 0 Å². The largest absolute Gasteiger partial charge is 0.330 e. The van der Waals surface area contributed by atoms with Gasteiger partial charge < -0.3 is 5.73 Å². The highest BCUT2D eigenvalue weighted by Gasteiger charge is 2.61. The standard InChI is InChI=1S/C10H21N/c1-8(2)10(5-6-11)7-9(10,3)4/h8H,5-7,11H2,1-4H3. The minimum absolute atomic E-state index is 0.556. The predicted octanol–water partition coefficient (Wildman–Crippen LogP) is 2.41. The van der Waals surface area contributed by atoms with Crippen molar-refractivity contribution in [3.63, 3.8) is 0 Å². The summed E-state index contributed by atoms with van der Waals surface area (Å²) in [5.74, 6) is 0.793. The number of rotatable bonds is 3. The van der Waals surface area contributed by atoms with E-state index in [2.05, 4.69) is 27.7 Å². The Balaban J connectivity index is 2.63. The molecule has 0 radical (unpaired) electrons. The lowest BCUT2D eigenvalue weighted by atomic mass is 9.82. The summed E-state index contributed by atoms with van der Waals surface area (Å²) in [6, 6.07) is 0. The fourth-order valence-corrected chi connectivity index (χ4v) is 2.70. The van der Waals surface area contributed by atoms with Gasteiger partial charge in [0.2, 0.25) is 0 Å². The molecule has 1 aliphatic rings. The molecule has 1 rings (SSSR count). The molecule has 0 aromatic carbocycles. The van der Waals surface area contributed by atoms with Crippen LogP contribution in [-0.2, 0) is 0 Å². The van der Waals surface area contributed by atoms with Gasteiger partial charge in [-0.2, -0.15) is 0 Å². The summed E-state index contributed by atoms with van der Waals surface area (Å²) in [4.78, 5) is 0. The first-order valence-corrected chi connectivity index (χ1v) is 4.66. The lowest BCUT2D eigenvalue weighted by molar-refractivity contribution is 0.263. The van der Waals surface area contributed by atoms with E-state index in [9.17, 15) is 0 Å². The topological polar surface area (TPSA) is 26.0 Å². The van der Waals surface area contributed by atoms with E-state index in [4.69, 9.17) is 5.73 Å². The maximum Gasteiger partial charge on any atom is -0.00717 e. The van der Waals surface area contributed by atoms with Gasteiger partial charge in [0.05, 0.1) is 0 Å². The third-order valence-electron chi connectivity index (χ3n) is 3.68. The molecule has 2 N–H and O–H groups in total. The second-order valence-electron chi connectivity index (χ2n) is 4.91. The molecule has 1 unspecified atom stereocenters. The van der Waals surface area contributed by atoms with E-state index in [1.165, 1.54) is 12.8 Å². The van der Waals surface area contributed by atoms with Crippen molar-refractivity contribution in [2.45, 2.75) is 40.5 Å². The third-order valence-corrected chi connectivity index (χ3v) is 3.68. The highest BCUT2D eigenvalue weighted by molar-refractivity contribution is 5.10. The molecule has 1 atom stereocenters. The first kappa shape index (κ1) is 9.05. The van der Waals surface area contributed by atoms with E-state index in [0.717, 1.165) is 12.5 Å². The van der Waals surface area contributed by atoms with E-state index in [1.54, 1.807) is 0 Å². The van der Waals surface area contributed by atoms with E-state index >= 15 is 0 Å². The minimum atomic E-state index is 0.556.